The zero-order chi connectivity index (χ0) is 15.3. The summed E-state index contributed by atoms with van der Waals surface area (Å²) in [7, 11) is 6.84. The lowest BCUT2D eigenvalue weighted by molar-refractivity contribution is -0.130. The third-order valence-electron chi connectivity index (χ3n) is 2.96. The molecule has 1 rings (SSSR count). The first-order valence-corrected chi connectivity index (χ1v) is 6.32. The minimum atomic E-state index is -0.0798. The Bertz CT molecular complexity index is 471. The van der Waals surface area contributed by atoms with E-state index in [0.717, 1.165) is 5.69 Å². The van der Waals surface area contributed by atoms with Gasteiger partial charge in [0.1, 0.15) is 0 Å². The van der Waals surface area contributed by atoms with Crippen molar-refractivity contribution in [2.24, 2.45) is 0 Å². The molecule has 0 aliphatic carbocycles. The minimum absolute atomic E-state index is 0.0320. The Balaban J connectivity index is 2.57. The molecule has 0 unspecified atom stereocenters. The number of nitrogens with two attached hydrogens (primary N) is 1. The summed E-state index contributed by atoms with van der Waals surface area (Å²) in [5.41, 5.74) is 7.04. The molecular weight excluding hydrogens is 256 g/mol. The molecule has 0 fully saturated rings. The van der Waals surface area contributed by atoms with Gasteiger partial charge in [0.2, 0.25) is 11.8 Å². The zero-order valence-corrected chi connectivity index (χ0v) is 12.5. The van der Waals surface area contributed by atoms with Crippen LogP contribution in [0.1, 0.15) is 0 Å². The highest BCUT2D eigenvalue weighted by Gasteiger charge is 2.15. The van der Waals surface area contributed by atoms with Crippen molar-refractivity contribution in [3.63, 3.8) is 0 Å². The van der Waals surface area contributed by atoms with Crippen molar-refractivity contribution in [1.29, 1.82) is 0 Å². The minimum Gasteiger partial charge on any atom is -0.399 e. The number of nitrogens with zero attached hydrogens (tertiary/aromatic N) is 3. The Morgan fingerprint density at radius 1 is 0.950 bits per heavy atom. The summed E-state index contributed by atoms with van der Waals surface area (Å²) in [5.74, 6) is -0.112. The van der Waals surface area contributed by atoms with Crippen LogP contribution in [0.4, 0.5) is 11.4 Å². The first-order chi connectivity index (χ1) is 9.31. The first kappa shape index (κ1) is 16.0. The van der Waals surface area contributed by atoms with Gasteiger partial charge < -0.3 is 15.5 Å². The predicted octanol–water partition coefficient (Wildman–Crippen LogP) is 0.252. The van der Waals surface area contributed by atoms with Crippen LogP contribution in [0.15, 0.2) is 24.3 Å². The van der Waals surface area contributed by atoms with Gasteiger partial charge in [0.05, 0.1) is 13.1 Å². The Kier molecular flexibility index (Phi) is 5.52. The molecule has 1 aromatic rings. The second-order valence-corrected chi connectivity index (χ2v) is 5.00. The van der Waals surface area contributed by atoms with E-state index >= 15 is 0 Å². The molecule has 2 amide bonds. The lowest BCUT2D eigenvalue weighted by atomic mass is 10.2. The van der Waals surface area contributed by atoms with Gasteiger partial charge in [-0.05, 0) is 31.3 Å². The maximum absolute atomic E-state index is 12.1. The number of nitrogen functional groups attached to an aromatic ring is 1. The number of hydrogen-bond acceptors (Lipinski definition) is 4. The summed E-state index contributed by atoms with van der Waals surface area (Å²) < 4.78 is 0. The van der Waals surface area contributed by atoms with Crippen LogP contribution in [0.3, 0.4) is 0 Å². The number of rotatable bonds is 5. The van der Waals surface area contributed by atoms with E-state index in [-0.39, 0.29) is 24.9 Å². The maximum Gasteiger partial charge on any atom is 0.240 e. The van der Waals surface area contributed by atoms with Gasteiger partial charge in [-0.1, -0.05) is 0 Å². The van der Waals surface area contributed by atoms with E-state index in [4.69, 9.17) is 5.73 Å². The lowest BCUT2D eigenvalue weighted by Crippen LogP contribution is -2.41. The van der Waals surface area contributed by atoms with Gasteiger partial charge in [-0.3, -0.25) is 14.5 Å². The van der Waals surface area contributed by atoms with E-state index < -0.39 is 0 Å². The molecule has 0 aromatic heterocycles. The molecule has 110 valence electrons. The fourth-order valence-corrected chi connectivity index (χ4v) is 1.61. The van der Waals surface area contributed by atoms with Gasteiger partial charge in [-0.25, -0.2) is 0 Å². The predicted molar refractivity (Wildman–Crippen MR) is 80.5 cm³/mol. The van der Waals surface area contributed by atoms with Gasteiger partial charge >= 0.3 is 0 Å². The maximum atomic E-state index is 12.1. The number of likely N-dealkylation sites (N-methyl/N-ethyl adjacent to an activating group) is 3. The van der Waals surface area contributed by atoms with Gasteiger partial charge in [-0.15, -0.1) is 0 Å². The van der Waals surface area contributed by atoms with Crippen molar-refractivity contribution in [3.8, 4) is 0 Å². The lowest BCUT2D eigenvalue weighted by Gasteiger charge is -2.22. The highest BCUT2D eigenvalue weighted by molar-refractivity contribution is 5.94. The highest BCUT2D eigenvalue weighted by atomic mass is 16.2. The molecule has 0 saturated carbocycles. The third-order valence-corrected chi connectivity index (χ3v) is 2.96. The van der Waals surface area contributed by atoms with Crippen LogP contribution in [0.2, 0.25) is 0 Å². The van der Waals surface area contributed by atoms with Crippen LogP contribution in [0.25, 0.3) is 0 Å². The van der Waals surface area contributed by atoms with Crippen molar-refractivity contribution in [2.45, 2.75) is 0 Å². The van der Waals surface area contributed by atoms with Crippen molar-refractivity contribution in [1.82, 2.24) is 9.80 Å². The molecule has 0 saturated heterocycles. The number of hydrogen-bond donors (Lipinski definition) is 1. The van der Waals surface area contributed by atoms with Crippen molar-refractivity contribution in [3.05, 3.63) is 24.3 Å². The molecule has 6 nitrogen and oxygen atoms in total. The van der Waals surface area contributed by atoms with Gasteiger partial charge in [0.15, 0.2) is 0 Å². The van der Waals surface area contributed by atoms with Crippen LogP contribution >= 0.6 is 0 Å². The average Bonchev–Trinajstić information content (AvgIpc) is 2.38. The Hall–Kier alpha value is -2.08. The Labute approximate surface area is 119 Å². The largest absolute Gasteiger partial charge is 0.399 e. The summed E-state index contributed by atoms with van der Waals surface area (Å²) >= 11 is 0. The molecule has 0 radical (unpaired) electrons. The molecule has 0 heterocycles. The van der Waals surface area contributed by atoms with E-state index in [1.165, 1.54) is 4.90 Å². The van der Waals surface area contributed by atoms with E-state index in [0.29, 0.717) is 5.69 Å². The van der Waals surface area contributed by atoms with Crippen molar-refractivity contribution in [2.75, 3.05) is 51.9 Å². The monoisotopic (exact) mass is 278 g/mol. The topological polar surface area (TPSA) is 69.9 Å². The molecule has 0 bridgehead atoms. The molecule has 0 aliphatic heterocycles. The van der Waals surface area contributed by atoms with Crippen LogP contribution in [-0.2, 0) is 9.59 Å². The third kappa shape index (κ3) is 4.55. The fraction of sp³-hybridized carbons (Fsp3) is 0.429. The molecular formula is C14H22N4O2. The molecule has 0 spiro atoms. The quantitative estimate of drug-likeness (QED) is 0.784. The average molecular weight is 278 g/mol. The SMILES string of the molecule is CN(CC(=O)N(C)C)CC(=O)N(C)c1ccc(N)cc1. The zero-order valence-electron chi connectivity index (χ0n) is 12.5. The van der Waals surface area contributed by atoms with Gasteiger partial charge in [-0.2, -0.15) is 0 Å². The molecule has 20 heavy (non-hydrogen) atoms. The molecule has 1 aromatic carbocycles. The van der Waals surface area contributed by atoms with E-state index in [1.807, 2.05) is 0 Å². The van der Waals surface area contributed by atoms with E-state index in [1.54, 1.807) is 62.3 Å². The smallest absolute Gasteiger partial charge is 0.240 e. The first-order valence-electron chi connectivity index (χ1n) is 6.32. The van der Waals surface area contributed by atoms with Crippen LogP contribution < -0.4 is 10.6 Å². The Morgan fingerprint density at radius 2 is 1.45 bits per heavy atom. The second-order valence-electron chi connectivity index (χ2n) is 5.00. The molecule has 6 heteroatoms. The summed E-state index contributed by atoms with van der Waals surface area (Å²) in [6.45, 7) is 0.398. The van der Waals surface area contributed by atoms with Crippen molar-refractivity contribution >= 4 is 23.2 Å². The Morgan fingerprint density at radius 3 is 1.95 bits per heavy atom. The summed E-state index contributed by atoms with van der Waals surface area (Å²) in [4.78, 5) is 28.4. The standard InChI is InChI=1S/C14H22N4O2/c1-16(2)13(19)9-17(3)10-14(20)18(4)12-7-5-11(15)6-8-12/h5-8H,9-10,15H2,1-4H3. The normalized spacial score (nSPS) is 10.4. The number of carbonyl (C=O) groups is 2. The summed E-state index contributed by atoms with van der Waals surface area (Å²) in [6, 6.07) is 7.08. The highest BCUT2D eigenvalue weighted by Crippen LogP contribution is 2.14. The van der Waals surface area contributed by atoms with Crippen LogP contribution in [0, 0.1) is 0 Å². The van der Waals surface area contributed by atoms with E-state index in [9.17, 15) is 9.59 Å². The fourth-order valence-electron chi connectivity index (χ4n) is 1.61. The van der Waals surface area contributed by atoms with Gasteiger partial charge in [0, 0.05) is 32.5 Å². The van der Waals surface area contributed by atoms with E-state index in [2.05, 4.69) is 0 Å². The molecule has 2 N–H and O–H groups in total. The number of carbonyl (C=O) groups excluding carboxylic acids is 2. The number of amides is 2. The van der Waals surface area contributed by atoms with Gasteiger partial charge in [0.25, 0.3) is 0 Å². The summed E-state index contributed by atoms with van der Waals surface area (Å²) in [5, 5.41) is 0. The molecule has 0 atom stereocenters. The van der Waals surface area contributed by atoms with Crippen LogP contribution in [-0.4, -0.2) is 62.9 Å². The second kappa shape index (κ2) is 6.91. The van der Waals surface area contributed by atoms with Crippen LogP contribution in [0.5, 0.6) is 0 Å². The summed E-state index contributed by atoms with van der Waals surface area (Å²) in [6.07, 6.45) is 0. The number of benzene rings is 1. The molecule has 0 aliphatic rings. The number of anilines is 2. The van der Waals surface area contributed by atoms with Crippen molar-refractivity contribution < 1.29 is 9.59 Å².